The van der Waals surface area contributed by atoms with Gasteiger partial charge in [-0.2, -0.15) is 0 Å². The van der Waals surface area contributed by atoms with Crippen molar-refractivity contribution in [3.05, 3.63) is 28.2 Å². The monoisotopic (exact) mass is 313 g/mol. The number of benzene rings is 1. The highest BCUT2D eigenvalue weighted by Crippen LogP contribution is 2.21. The van der Waals surface area contributed by atoms with Crippen molar-refractivity contribution < 1.29 is 9.53 Å². The molecule has 0 saturated carbocycles. The summed E-state index contributed by atoms with van der Waals surface area (Å²) in [5.74, 6) is -0.433. The van der Waals surface area contributed by atoms with Crippen molar-refractivity contribution in [3.63, 3.8) is 0 Å². The Balaban J connectivity index is 2.03. The Kier molecular flexibility index (Phi) is 4.57. The predicted molar refractivity (Wildman–Crippen MR) is 73.8 cm³/mol. The third kappa shape index (κ3) is 3.44. The molecule has 2 rings (SSSR count). The van der Waals surface area contributed by atoms with Crippen molar-refractivity contribution in [1.29, 1.82) is 0 Å². The van der Waals surface area contributed by atoms with Gasteiger partial charge >= 0.3 is 0 Å². The van der Waals surface area contributed by atoms with Gasteiger partial charge in [-0.25, -0.2) is 0 Å². The maximum absolute atomic E-state index is 11.3. The van der Waals surface area contributed by atoms with Gasteiger partial charge in [0.15, 0.2) is 0 Å². The van der Waals surface area contributed by atoms with Crippen LogP contribution in [0.4, 0.5) is 5.69 Å². The Morgan fingerprint density at radius 2 is 2.44 bits per heavy atom. The lowest BCUT2D eigenvalue weighted by Crippen LogP contribution is -2.45. The molecule has 0 aliphatic carbocycles. The number of nitrogens with two attached hydrogens (primary N) is 1. The van der Waals surface area contributed by atoms with Gasteiger partial charge in [0.1, 0.15) is 0 Å². The fourth-order valence-corrected chi connectivity index (χ4v) is 2.22. The summed E-state index contributed by atoms with van der Waals surface area (Å²) in [4.78, 5) is 11.3. The smallest absolute Gasteiger partial charge is 0.250 e. The standard InChI is InChI=1S/C12H16BrN3O2/c13-8-1-2-10(12(14)17)11(5-8)16-6-9-7-18-4-3-15-9/h1-2,5,9,15-16H,3-4,6-7H2,(H2,14,17). The minimum absolute atomic E-state index is 0.249. The number of nitrogens with one attached hydrogen (secondary N) is 2. The third-order valence-corrected chi connectivity index (χ3v) is 3.28. The molecular formula is C12H16BrN3O2. The first-order valence-corrected chi connectivity index (χ1v) is 6.60. The van der Waals surface area contributed by atoms with Gasteiger partial charge < -0.3 is 21.1 Å². The summed E-state index contributed by atoms with van der Waals surface area (Å²) in [6.07, 6.45) is 0. The number of morpholine rings is 1. The number of rotatable bonds is 4. The van der Waals surface area contributed by atoms with Crippen LogP contribution < -0.4 is 16.4 Å². The van der Waals surface area contributed by atoms with Gasteiger partial charge in [-0.05, 0) is 18.2 Å². The Labute approximate surface area is 114 Å². The van der Waals surface area contributed by atoms with Gasteiger partial charge in [0, 0.05) is 29.3 Å². The number of halogens is 1. The summed E-state index contributed by atoms with van der Waals surface area (Å²) < 4.78 is 6.27. The zero-order valence-corrected chi connectivity index (χ0v) is 11.5. The number of anilines is 1. The predicted octanol–water partition coefficient (Wildman–Crippen LogP) is 0.948. The molecular weight excluding hydrogens is 298 g/mol. The second-order valence-corrected chi connectivity index (χ2v) is 5.08. The maximum Gasteiger partial charge on any atom is 0.250 e. The lowest BCUT2D eigenvalue weighted by atomic mass is 10.1. The quantitative estimate of drug-likeness (QED) is 0.773. The normalized spacial score (nSPS) is 19.5. The first kappa shape index (κ1) is 13.3. The van der Waals surface area contributed by atoms with Gasteiger partial charge in [0.2, 0.25) is 0 Å². The summed E-state index contributed by atoms with van der Waals surface area (Å²) >= 11 is 3.38. The van der Waals surface area contributed by atoms with E-state index in [-0.39, 0.29) is 6.04 Å². The topological polar surface area (TPSA) is 76.4 Å². The van der Waals surface area contributed by atoms with Gasteiger partial charge in [-0.1, -0.05) is 15.9 Å². The van der Waals surface area contributed by atoms with Crippen molar-refractivity contribution in [2.75, 3.05) is 31.6 Å². The van der Waals surface area contributed by atoms with Gasteiger partial charge in [-0.15, -0.1) is 0 Å². The highest BCUT2D eigenvalue weighted by Gasteiger charge is 2.14. The van der Waals surface area contributed by atoms with Crippen molar-refractivity contribution >= 4 is 27.5 Å². The molecule has 0 radical (unpaired) electrons. The van der Waals surface area contributed by atoms with E-state index in [1.165, 1.54) is 0 Å². The minimum Gasteiger partial charge on any atom is -0.383 e. The summed E-state index contributed by atoms with van der Waals surface area (Å²) in [7, 11) is 0. The van der Waals surface area contributed by atoms with Crippen molar-refractivity contribution in [1.82, 2.24) is 5.32 Å². The van der Waals surface area contributed by atoms with Crippen molar-refractivity contribution in [3.8, 4) is 0 Å². The molecule has 1 atom stereocenters. The van der Waals surface area contributed by atoms with Crippen LogP contribution in [0.15, 0.2) is 22.7 Å². The average Bonchev–Trinajstić information content (AvgIpc) is 2.37. The first-order chi connectivity index (χ1) is 8.66. The number of primary amides is 1. The molecule has 1 aliphatic rings. The molecule has 1 heterocycles. The van der Waals surface area contributed by atoms with Crippen LogP contribution in [0, 0.1) is 0 Å². The molecule has 1 amide bonds. The van der Waals surface area contributed by atoms with Gasteiger partial charge in [-0.3, -0.25) is 4.79 Å². The largest absolute Gasteiger partial charge is 0.383 e. The maximum atomic E-state index is 11.3. The number of hydrogen-bond donors (Lipinski definition) is 3. The van der Waals surface area contributed by atoms with E-state index in [9.17, 15) is 4.79 Å². The van der Waals surface area contributed by atoms with Crippen LogP contribution in [0.5, 0.6) is 0 Å². The summed E-state index contributed by atoms with van der Waals surface area (Å²) in [5, 5.41) is 6.57. The average molecular weight is 314 g/mol. The Bertz CT molecular complexity index is 433. The van der Waals surface area contributed by atoms with Crippen LogP contribution in [0.25, 0.3) is 0 Å². The number of hydrogen-bond acceptors (Lipinski definition) is 4. The molecule has 0 spiro atoms. The molecule has 98 valence electrons. The molecule has 6 heteroatoms. The molecule has 5 nitrogen and oxygen atoms in total. The summed E-state index contributed by atoms with van der Waals surface area (Å²) in [6.45, 7) is 2.97. The zero-order valence-electron chi connectivity index (χ0n) is 9.91. The zero-order chi connectivity index (χ0) is 13.0. The fourth-order valence-electron chi connectivity index (χ4n) is 1.86. The molecule has 1 unspecified atom stereocenters. The number of amides is 1. The number of ether oxygens (including phenoxy) is 1. The Morgan fingerprint density at radius 1 is 1.61 bits per heavy atom. The van der Waals surface area contributed by atoms with Crippen LogP contribution >= 0.6 is 15.9 Å². The first-order valence-electron chi connectivity index (χ1n) is 5.81. The van der Waals surface area contributed by atoms with Crippen molar-refractivity contribution in [2.24, 2.45) is 5.73 Å². The van der Waals surface area contributed by atoms with E-state index >= 15 is 0 Å². The van der Waals surface area contributed by atoms with E-state index in [1.54, 1.807) is 12.1 Å². The minimum atomic E-state index is -0.433. The molecule has 18 heavy (non-hydrogen) atoms. The van der Waals surface area contributed by atoms with Crippen LogP contribution in [0.3, 0.4) is 0 Å². The molecule has 1 fully saturated rings. The SMILES string of the molecule is NC(=O)c1ccc(Br)cc1NCC1COCCN1. The third-order valence-electron chi connectivity index (χ3n) is 2.78. The Morgan fingerprint density at radius 3 is 3.11 bits per heavy atom. The van der Waals surface area contributed by atoms with E-state index in [2.05, 4.69) is 26.6 Å². The molecule has 4 N–H and O–H groups in total. The van der Waals surface area contributed by atoms with E-state index in [1.807, 2.05) is 6.07 Å². The highest BCUT2D eigenvalue weighted by molar-refractivity contribution is 9.10. The number of carbonyl (C=O) groups is 1. The van der Waals surface area contributed by atoms with Crippen LogP contribution in [-0.4, -0.2) is 38.3 Å². The molecule has 1 saturated heterocycles. The van der Waals surface area contributed by atoms with Gasteiger partial charge in [0.25, 0.3) is 5.91 Å². The van der Waals surface area contributed by atoms with Crippen molar-refractivity contribution in [2.45, 2.75) is 6.04 Å². The second-order valence-electron chi connectivity index (χ2n) is 4.16. The lowest BCUT2D eigenvalue weighted by molar-refractivity contribution is 0.0806. The summed E-state index contributed by atoms with van der Waals surface area (Å²) in [6, 6.07) is 5.61. The molecule has 1 aliphatic heterocycles. The second kappa shape index (κ2) is 6.17. The molecule has 0 aromatic heterocycles. The van der Waals surface area contributed by atoms with Gasteiger partial charge in [0.05, 0.1) is 18.8 Å². The van der Waals surface area contributed by atoms with E-state index < -0.39 is 5.91 Å². The lowest BCUT2D eigenvalue weighted by Gasteiger charge is -2.24. The fraction of sp³-hybridized carbons (Fsp3) is 0.417. The van der Waals surface area contributed by atoms with E-state index in [4.69, 9.17) is 10.5 Å². The van der Waals surface area contributed by atoms with Crippen LogP contribution in [0.2, 0.25) is 0 Å². The van der Waals surface area contributed by atoms with Crippen LogP contribution in [0.1, 0.15) is 10.4 Å². The van der Waals surface area contributed by atoms with E-state index in [0.717, 1.165) is 23.3 Å². The Hall–Kier alpha value is -1.11. The molecule has 1 aromatic rings. The summed E-state index contributed by atoms with van der Waals surface area (Å²) in [5.41, 5.74) is 6.57. The highest BCUT2D eigenvalue weighted by atomic mass is 79.9. The molecule has 0 bridgehead atoms. The number of carbonyl (C=O) groups excluding carboxylic acids is 1. The molecule has 1 aromatic carbocycles. The van der Waals surface area contributed by atoms with Crippen LogP contribution in [-0.2, 0) is 4.74 Å². The van der Waals surface area contributed by atoms with E-state index in [0.29, 0.717) is 18.7 Å².